The van der Waals surface area contributed by atoms with Crippen molar-refractivity contribution in [1.82, 2.24) is 10.2 Å². The second-order valence-electron chi connectivity index (χ2n) is 5.79. The monoisotopic (exact) mass is 366 g/mol. The van der Waals surface area contributed by atoms with E-state index in [1.54, 1.807) is 25.6 Å². The van der Waals surface area contributed by atoms with E-state index >= 15 is 0 Å². The molecule has 0 aliphatic carbocycles. The van der Waals surface area contributed by atoms with Crippen LogP contribution >= 0.6 is 22.9 Å². The molecule has 2 aromatic rings. The fraction of sp³-hybridized carbons (Fsp3) is 0.444. The summed E-state index contributed by atoms with van der Waals surface area (Å²) in [6, 6.07) is 10.2. The lowest BCUT2D eigenvalue weighted by Crippen LogP contribution is -2.32. The van der Waals surface area contributed by atoms with Gasteiger partial charge in [-0.15, -0.1) is 11.3 Å². The first-order valence-corrected chi connectivity index (χ1v) is 9.34. The fourth-order valence-electron chi connectivity index (χ4n) is 3.18. The van der Waals surface area contributed by atoms with E-state index < -0.39 is 0 Å². The van der Waals surface area contributed by atoms with Crippen LogP contribution in [0.4, 0.5) is 0 Å². The first kappa shape index (κ1) is 17.5. The Labute approximate surface area is 152 Å². The van der Waals surface area contributed by atoms with Gasteiger partial charge in [0.1, 0.15) is 11.5 Å². The highest BCUT2D eigenvalue weighted by Crippen LogP contribution is 2.40. The SMILES string of the molecule is COc1ccc(OC)c(C(c2ccc(Cl)s2)N2CCCNCC2)c1. The van der Waals surface area contributed by atoms with Gasteiger partial charge in [0.2, 0.25) is 0 Å². The van der Waals surface area contributed by atoms with Gasteiger partial charge in [-0.25, -0.2) is 0 Å². The third-order valence-corrected chi connectivity index (χ3v) is 5.62. The molecule has 1 unspecified atom stereocenters. The summed E-state index contributed by atoms with van der Waals surface area (Å²) < 4.78 is 11.9. The zero-order valence-corrected chi connectivity index (χ0v) is 15.6. The number of hydrogen-bond donors (Lipinski definition) is 1. The van der Waals surface area contributed by atoms with Gasteiger partial charge in [-0.05, 0) is 43.3 Å². The van der Waals surface area contributed by atoms with Crippen molar-refractivity contribution in [3.05, 3.63) is 45.1 Å². The van der Waals surface area contributed by atoms with Gasteiger partial charge in [-0.2, -0.15) is 0 Å². The van der Waals surface area contributed by atoms with E-state index in [1.807, 2.05) is 18.2 Å². The predicted octanol–water partition coefficient (Wildman–Crippen LogP) is 3.80. The van der Waals surface area contributed by atoms with Crippen LogP contribution in [-0.2, 0) is 0 Å². The molecule has 0 amide bonds. The predicted molar refractivity (Wildman–Crippen MR) is 99.8 cm³/mol. The van der Waals surface area contributed by atoms with Crippen molar-refractivity contribution in [2.45, 2.75) is 12.5 Å². The summed E-state index contributed by atoms with van der Waals surface area (Å²) in [6.45, 7) is 4.07. The molecule has 0 spiro atoms. The number of nitrogens with zero attached hydrogens (tertiary/aromatic N) is 1. The highest BCUT2D eigenvalue weighted by atomic mass is 35.5. The van der Waals surface area contributed by atoms with Gasteiger partial charge in [0.05, 0.1) is 24.6 Å². The van der Waals surface area contributed by atoms with E-state index in [1.165, 1.54) is 4.88 Å². The van der Waals surface area contributed by atoms with E-state index in [0.717, 1.165) is 54.0 Å². The van der Waals surface area contributed by atoms with Gasteiger partial charge >= 0.3 is 0 Å². The smallest absolute Gasteiger partial charge is 0.124 e. The lowest BCUT2D eigenvalue weighted by atomic mass is 10.0. The molecule has 1 aromatic carbocycles. The zero-order chi connectivity index (χ0) is 16.9. The Kier molecular flexibility index (Phi) is 6.00. The summed E-state index contributed by atoms with van der Waals surface area (Å²) in [4.78, 5) is 3.73. The first-order chi connectivity index (χ1) is 11.7. The molecule has 1 aromatic heterocycles. The normalized spacial score (nSPS) is 17.3. The molecule has 0 saturated carbocycles. The maximum atomic E-state index is 6.23. The van der Waals surface area contributed by atoms with Crippen molar-refractivity contribution in [2.24, 2.45) is 0 Å². The quantitative estimate of drug-likeness (QED) is 0.872. The van der Waals surface area contributed by atoms with Crippen LogP contribution in [-0.4, -0.2) is 45.3 Å². The fourth-order valence-corrected chi connectivity index (χ4v) is 4.40. The molecule has 1 fully saturated rings. The maximum absolute atomic E-state index is 6.23. The topological polar surface area (TPSA) is 33.7 Å². The Bertz CT molecular complexity index is 669. The second kappa shape index (κ2) is 8.21. The van der Waals surface area contributed by atoms with Crippen LogP contribution in [0.25, 0.3) is 0 Å². The van der Waals surface area contributed by atoms with Crippen LogP contribution in [0.1, 0.15) is 22.9 Å². The standard InChI is InChI=1S/C18H23ClN2O2S/c1-22-13-4-5-15(23-2)14(12-13)18(16-6-7-17(19)24-16)21-10-3-8-20-9-11-21/h4-7,12,18,20H,3,8-11H2,1-2H3. The molecule has 130 valence electrons. The highest BCUT2D eigenvalue weighted by Gasteiger charge is 2.27. The molecule has 1 N–H and O–H groups in total. The third kappa shape index (κ3) is 3.86. The molecule has 24 heavy (non-hydrogen) atoms. The molecule has 3 rings (SSSR count). The Morgan fingerprint density at radius 2 is 2.00 bits per heavy atom. The third-order valence-electron chi connectivity index (χ3n) is 4.33. The van der Waals surface area contributed by atoms with E-state index in [9.17, 15) is 0 Å². The summed E-state index contributed by atoms with van der Waals surface area (Å²) in [7, 11) is 3.41. The number of hydrogen-bond acceptors (Lipinski definition) is 5. The molecule has 4 nitrogen and oxygen atoms in total. The van der Waals surface area contributed by atoms with Crippen molar-refractivity contribution in [3.63, 3.8) is 0 Å². The Hall–Kier alpha value is -1.27. The first-order valence-electron chi connectivity index (χ1n) is 8.15. The molecule has 2 heterocycles. The summed E-state index contributed by atoms with van der Waals surface area (Å²) >= 11 is 7.86. The number of methoxy groups -OCH3 is 2. The van der Waals surface area contributed by atoms with Crippen molar-refractivity contribution in [3.8, 4) is 11.5 Å². The number of ether oxygens (including phenoxy) is 2. The van der Waals surface area contributed by atoms with Gasteiger partial charge in [0, 0.05) is 30.1 Å². The average Bonchev–Trinajstić information content (AvgIpc) is 2.86. The number of nitrogens with one attached hydrogen (secondary N) is 1. The summed E-state index contributed by atoms with van der Waals surface area (Å²) in [6.07, 6.45) is 1.13. The molecule has 1 atom stereocenters. The second-order valence-corrected chi connectivity index (χ2v) is 7.54. The Balaban J connectivity index is 2.06. The number of rotatable bonds is 5. The minimum Gasteiger partial charge on any atom is -0.497 e. The summed E-state index contributed by atoms with van der Waals surface area (Å²) in [5.41, 5.74) is 1.12. The van der Waals surface area contributed by atoms with E-state index in [4.69, 9.17) is 21.1 Å². The number of halogens is 1. The summed E-state index contributed by atoms with van der Waals surface area (Å²) in [5.74, 6) is 1.72. The molecule has 6 heteroatoms. The number of benzene rings is 1. The lowest BCUT2D eigenvalue weighted by Gasteiger charge is -2.31. The van der Waals surface area contributed by atoms with Gasteiger partial charge < -0.3 is 14.8 Å². The maximum Gasteiger partial charge on any atom is 0.124 e. The van der Waals surface area contributed by atoms with Gasteiger partial charge in [0.15, 0.2) is 0 Å². The highest BCUT2D eigenvalue weighted by molar-refractivity contribution is 7.16. The molecule has 0 radical (unpaired) electrons. The van der Waals surface area contributed by atoms with Gasteiger partial charge in [-0.3, -0.25) is 4.90 Å². The average molecular weight is 367 g/mol. The van der Waals surface area contributed by atoms with E-state index in [-0.39, 0.29) is 6.04 Å². The van der Waals surface area contributed by atoms with Crippen LogP contribution in [0.15, 0.2) is 30.3 Å². The molecule has 1 aliphatic heterocycles. The zero-order valence-electron chi connectivity index (χ0n) is 14.0. The molecule has 1 aliphatic rings. The minimum absolute atomic E-state index is 0.118. The van der Waals surface area contributed by atoms with Crippen LogP contribution in [0, 0.1) is 0 Å². The lowest BCUT2D eigenvalue weighted by molar-refractivity contribution is 0.238. The molecular weight excluding hydrogens is 344 g/mol. The number of thiophene rings is 1. The van der Waals surface area contributed by atoms with Crippen molar-refractivity contribution in [2.75, 3.05) is 40.4 Å². The molecular formula is C18H23ClN2O2S. The van der Waals surface area contributed by atoms with E-state index in [0.29, 0.717) is 0 Å². The molecule has 1 saturated heterocycles. The van der Waals surface area contributed by atoms with Crippen LogP contribution in [0.5, 0.6) is 11.5 Å². The van der Waals surface area contributed by atoms with E-state index in [2.05, 4.69) is 22.3 Å². The minimum atomic E-state index is 0.118. The largest absolute Gasteiger partial charge is 0.497 e. The van der Waals surface area contributed by atoms with Crippen molar-refractivity contribution < 1.29 is 9.47 Å². The van der Waals surface area contributed by atoms with Crippen LogP contribution in [0.2, 0.25) is 4.34 Å². The van der Waals surface area contributed by atoms with Crippen LogP contribution in [0.3, 0.4) is 0 Å². The Morgan fingerprint density at radius 1 is 1.12 bits per heavy atom. The Morgan fingerprint density at radius 3 is 2.71 bits per heavy atom. The van der Waals surface area contributed by atoms with Gasteiger partial charge in [0.25, 0.3) is 0 Å². The summed E-state index contributed by atoms with van der Waals surface area (Å²) in [5, 5.41) is 3.47. The van der Waals surface area contributed by atoms with Crippen molar-refractivity contribution in [1.29, 1.82) is 0 Å². The van der Waals surface area contributed by atoms with Gasteiger partial charge in [-0.1, -0.05) is 11.6 Å². The molecule has 0 bridgehead atoms. The van der Waals surface area contributed by atoms with Crippen LogP contribution < -0.4 is 14.8 Å². The van der Waals surface area contributed by atoms with Crippen molar-refractivity contribution >= 4 is 22.9 Å².